The Bertz CT molecular complexity index is 654. The summed E-state index contributed by atoms with van der Waals surface area (Å²) in [7, 11) is 0. The van der Waals surface area contributed by atoms with E-state index in [4.69, 9.17) is 10.5 Å². The number of fused-ring (bicyclic) bond motifs is 1. The van der Waals surface area contributed by atoms with Crippen LogP contribution in [0.1, 0.15) is 45.7 Å². The largest absolute Gasteiger partial charge is 0.369 e. The van der Waals surface area contributed by atoms with Crippen molar-refractivity contribution in [3.63, 3.8) is 0 Å². The van der Waals surface area contributed by atoms with Gasteiger partial charge in [-0.1, -0.05) is 42.5 Å². The fraction of sp³-hybridized carbons (Fsp3) is 0.474. The summed E-state index contributed by atoms with van der Waals surface area (Å²) in [5, 5.41) is 2.51. The molecule has 0 saturated carbocycles. The van der Waals surface area contributed by atoms with Gasteiger partial charge in [0.15, 0.2) is 0 Å². The molecule has 112 valence electrons. The molecule has 1 aliphatic rings. The predicted octanol–water partition coefficient (Wildman–Crippen LogP) is 4.43. The van der Waals surface area contributed by atoms with Crippen LogP contribution in [0.2, 0.25) is 0 Å². The zero-order valence-corrected chi connectivity index (χ0v) is 13.4. The van der Waals surface area contributed by atoms with Crippen LogP contribution in [-0.4, -0.2) is 11.2 Å². The summed E-state index contributed by atoms with van der Waals surface area (Å²) in [4.78, 5) is 0. The molecule has 3 rings (SSSR count). The highest BCUT2D eigenvalue weighted by molar-refractivity contribution is 5.86. The summed E-state index contributed by atoms with van der Waals surface area (Å²) in [6.07, 6.45) is 0.990. The first-order valence-corrected chi connectivity index (χ1v) is 7.74. The van der Waals surface area contributed by atoms with Gasteiger partial charge in [0.1, 0.15) is 0 Å². The molecule has 2 aromatic carbocycles. The van der Waals surface area contributed by atoms with Crippen LogP contribution in [0.3, 0.4) is 0 Å². The minimum atomic E-state index is -0.195. The molecule has 0 aliphatic carbocycles. The molecule has 1 saturated heterocycles. The van der Waals surface area contributed by atoms with E-state index >= 15 is 0 Å². The Labute approximate surface area is 127 Å². The standard InChI is InChI=1S/C19H25NO/c1-18(2)12-16(19(3,4)21-18)17(20)15-11-7-9-13-8-5-6-10-14(13)15/h5-11,16-17H,12,20H2,1-4H3. The van der Waals surface area contributed by atoms with E-state index in [2.05, 4.69) is 70.2 Å². The van der Waals surface area contributed by atoms with Crippen molar-refractivity contribution in [1.29, 1.82) is 0 Å². The van der Waals surface area contributed by atoms with Crippen molar-refractivity contribution in [2.45, 2.75) is 51.4 Å². The van der Waals surface area contributed by atoms with Gasteiger partial charge in [-0.2, -0.15) is 0 Å². The molecule has 2 heteroatoms. The quantitative estimate of drug-likeness (QED) is 0.884. The minimum absolute atomic E-state index is 0.00660. The van der Waals surface area contributed by atoms with E-state index < -0.39 is 0 Å². The molecule has 1 heterocycles. The molecular formula is C19H25NO. The molecule has 2 unspecified atom stereocenters. The summed E-state index contributed by atoms with van der Waals surface area (Å²) in [6, 6.07) is 14.9. The summed E-state index contributed by atoms with van der Waals surface area (Å²) < 4.78 is 6.22. The van der Waals surface area contributed by atoms with Gasteiger partial charge in [0.2, 0.25) is 0 Å². The molecule has 2 nitrogen and oxygen atoms in total. The van der Waals surface area contributed by atoms with Crippen molar-refractivity contribution in [3.05, 3.63) is 48.0 Å². The molecule has 2 aromatic rings. The van der Waals surface area contributed by atoms with Gasteiger partial charge in [-0.3, -0.25) is 0 Å². The minimum Gasteiger partial charge on any atom is -0.369 e. The fourth-order valence-electron chi connectivity index (χ4n) is 3.92. The lowest BCUT2D eigenvalue weighted by Gasteiger charge is -2.31. The Kier molecular flexibility index (Phi) is 3.34. The zero-order valence-electron chi connectivity index (χ0n) is 13.4. The van der Waals surface area contributed by atoms with Crippen LogP contribution in [-0.2, 0) is 4.74 Å². The van der Waals surface area contributed by atoms with Crippen LogP contribution >= 0.6 is 0 Å². The lowest BCUT2D eigenvalue weighted by molar-refractivity contribution is -0.0766. The summed E-state index contributed by atoms with van der Waals surface area (Å²) in [5.74, 6) is 0.318. The Morgan fingerprint density at radius 3 is 2.38 bits per heavy atom. The van der Waals surface area contributed by atoms with E-state index in [-0.39, 0.29) is 17.2 Å². The van der Waals surface area contributed by atoms with Crippen LogP contribution in [0.4, 0.5) is 0 Å². The van der Waals surface area contributed by atoms with E-state index in [9.17, 15) is 0 Å². The van der Waals surface area contributed by atoms with Crippen molar-refractivity contribution in [2.24, 2.45) is 11.7 Å². The van der Waals surface area contributed by atoms with Crippen LogP contribution in [0.25, 0.3) is 10.8 Å². The fourth-order valence-corrected chi connectivity index (χ4v) is 3.92. The van der Waals surface area contributed by atoms with Crippen molar-refractivity contribution in [1.82, 2.24) is 0 Å². The van der Waals surface area contributed by atoms with E-state index in [0.717, 1.165) is 6.42 Å². The summed E-state index contributed by atoms with van der Waals surface area (Å²) in [5.41, 5.74) is 7.62. The molecule has 0 amide bonds. The van der Waals surface area contributed by atoms with Gasteiger partial charge in [0.05, 0.1) is 11.2 Å². The highest BCUT2D eigenvalue weighted by atomic mass is 16.5. The maximum atomic E-state index is 6.68. The molecule has 21 heavy (non-hydrogen) atoms. The third-order valence-corrected chi connectivity index (χ3v) is 4.76. The third-order valence-electron chi connectivity index (χ3n) is 4.76. The smallest absolute Gasteiger partial charge is 0.0680 e. The van der Waals surface area contributed by atoms with E-state index in [1.807, 2.05) is 0 Å². The van der Waals surface area contributed by atoms with E-state index in [1.54, 1.807) is 0 Å². The van der Waals surface area contributed by atoms with Crippen LogP contribution in [0, 0.1) is 5.92 Å². The lowest BCUT2D eigenvalue weighted by Crippen LogP contribution is -2.35. The second kappa shape index (κ2) is 4.82. The first-order valence-electron chi connectivity index (χ1n) is 7.74. The molecule has 0 bridgehead atoms. The Balaban J connectivity index is 2.03. The highest BCUT2D eigenvalue weighted by Gasteiger charge is 2.48. The second-order valence-electron chi connectivity index (χ2n) is 7.37. The average molecular weight is 283 g/mol. The predicted molar refractivity (Wildman–Crippen MR) is 88.2 cm³/mol. The van der Waals surface area contributed by atoms with Crippen molar-refractivity contribution < 1.29 is 4.74 Å². The highest BCUT2D eigenvalue weighted by Crippen LogP contribution is 2.47. The molecule has 0 radical (unpaired) electrons. The number of hydrogen-bond acceptors (Lipinski definition) is 2. The van der Waals surface area contributed by atoms with Gasteiger partial charge < -0.3 is 10.5 Å². The first-order chi connectivity index (χ1) is 9.80. The Hall–Kier alpha value is -1.38. The SMILES string of the molecule is CC1(C)CC(C(N)c2cccc3ccccc23)C(C)(C)O1. The van der Waals surface area contributed by atoms with Gasteiger partial charge in [-0.15, -0.1) is 0 Å². The molecule has 1 fully saturated rings. The van der Waals surface area contributed by atoms with Crippen molar-refractivity contribution in [2.75, 3.05) is 0 Å². The van der Waals surface area contributed by atoms with E-state index in [0.29, 0.717) is 5.92 Å². The number of ether oxygens (including phenoxy) is 1. The van der Waals surface area contributed by atoms with Gasteiger partial charge in [-0.25, -0.2) is 0 Å². The Morgan fingerprint density at radius 1 is 1.05 bits per heavy atom. The van der Waals surface area contributed by atoms with Crippen LogP contribution < -0.4 is 5.73 Å². The number of rotatable bonds is 2. The Morgan fingerprint density at radius 2 is 1.71 bits per heavy atom. The topological polar surface area (TPSA) is 35.2 Å². The number of nitrogens with two attached hydrogens (primary N) is 1. The number of benzene rings is 2. The molecule has 2 N–H and O–H groups in total. The summed E-state index contributed by atoms with van der Waals surface area (Å²) >= 11 is 0. The zero-order chi connectivity index (χ0) is 15.3. The normalized spacial score (nSPS) is 25.1. The lowest BCUT2D eigenvalue weighted by atomic mass is 9.78. The van der Waals surface area contributed by atoms with Gasteiger partial charge >= 0.3 is 0 Å². The number of hydrogen-bond donors (Lipinski definition) is 1. The average Bonchev–Trinajstić information content (AvgIpc) is 2.65. The third kappa shape index (κ3) is 2.58. The second-order valence-corrected chi connectivity index (χ2v) is 7.37. The maximum Gasteiger partial charge on any atom is 0.0680 e. The van der Waals surface area contributed by atoms with Crippen LogP contribution in [0.5, 0.6) is 0 Å². The van der Waals surface area contributed by atoms with E-state index in [1.165, 1.54) is 16.3 Å². The molecule has 0 spiro atoms. The summed E-state index contributed by atoms with van der Waals surface area (Å²) in [6.45, 7) is 8.64. The van der Waals surface area contributed by atoms with Crippen molar-refractivity contribution >= 4 is 10.8 Å². The van der Waals surface area contributed by atoms with Gasteiger partial charge in [0.25, 0.3) is 0 Å². The molecule has 0 aromatic heterocycles. The molecular weight excluding hydrogens is 258 g/mol. The monoisotopic (exact) mass is 283 g/mol. The first kappa shape index (κ1) is 14.6. The maximum absolute atomic E-state index is 6.68. The van der Waals surface area contributed by atoms with Gasteiger partial charge in [-0.05, 0) is 50.5 Å². The molecule has 1 aliphatic heterocycles. The van der Waals surface area contributed by atoms with Crippen molar-refractivity contribution in [3.8, 4) is 0 Å². The van der Waals surface area contributed by atoms with Crippen LogP contribution in [0.15, 0.2) is 42.5 Å². The van der Waals surface area contributed by atoms with Gasteiger partial charge in [0, 0.05) is 12.0 Å². The molecule has 2 atom stereocenters.